The number of halogens is 5. The van der Waals surface area contributed by atoms with Crippen molar-refractivity contribution < 1.29 is 17.9 Å². The van der Waals surface area contributed by atoms with Crippen LogP contribution in [-0.4, -0.2) is 70.9 Å². The summed E-state index contributed by atoms with van der Waals surface area (Å²) >= 11 is 12.7. The summed E-state index contributed by atoms with van der Waals surface area (Å²) in [5, 5.41) is 6.00. The number of benzene rings is 3. The predicted octanol–water partition coefficient (Wildman–Crippen LogP) is 7.32. The zero-order chi connectivity index (χ0) is 30.4. The molecule has 0 spiro atoms. The molecule has 0 amide bonds. The fourth-order valence-corrected chi connectivity index (χ4v) is 8.56. The van der Waals surface area contributed by atoms with Gasteiger partial charge in [-0.2, -0.15) is 9.97 Å². The van der Waals surface area contributed by atoms with Crippen molar-refractivity contribution in [3.63, 3.8) is 0 Å². The van der Waals surface area contributed by atoms with E-state index in [0.29, 0.717) is 52.7 Å². The summed E-state index contributed by atoms with van der Waals surface area (Å²) in [7, 11) is 0. The van der Waals surface area contributed by atoms with E-state index >= 15 is 8.78 Å². The first-order valence-electron chi connectivity index (χ1n) is 15.2. The molecule has 0 unspecified atom stereocenters. The lowest BCUT2D eigenvalue weighted by Gasteiger charge is -2.40. The third kappa shape index (κ3) is 4.70. The van der Waals surface area contributed by atoms with Crippen LogP contribution >= 0.6 is 23.2 Å². The number of hydrogen-bond donors (Lipinski definition) is 1. The largest absolute Gasteiger partial charge is 0.461 e. The summed E-state index contributed by atoms with van der Waals surface area (Å²) in [5.74, 6) is -1.14. The molecule has 0 radical (unpaired) electrons. The maximum Gasteiger partial charge on any atom is 0.319 e. The van der Waals surface area contributed by atoms with E-state index in [1.54, 1.807) is 30.3 Å². The van der Waals surface area contributed by atoms with Crippen LogP contribution in [0.25, 0.3) is 32.8 Å². The van der Waals surface area contributed by atoms with Gasteiger partial charge in [0.15, 0.2) is 5.82 Å². The van der Waals surface area contributed by atoms with E-state index in [9.17, 15) is 4.39 Å². The molecule has 6 nitrogen and oxygen atoms in total. The molecular weight excluding hydrogens is 610 g/mol. The molecule has 8 rings (SSSR count). The van der Waals surface area contributed by atoms with Crippen molar-refractivity contribution in [2.24, 2.45) is 0 Å². The fraction of sp³-hybridized carbons (Fsp3) is 0.455. The Bertz CT molecular complexity index is 1830. The first-order chi connectivity index (χ1) is 21.1. The van der Waals surface area contributed by atoms with Gasteiger partial charge in [-0.3, -0.25) is 4.90 Å². The topological polar surface area (TPSA) is 53.5 Å². The molecule has 4 fully saturated rings. The number of fused-ring (bicyclic) bond motifs is 5. The summed E-state index contributed by atoms with van der Waals surface area (Å²) in [6.07, 6.45) is 3.28. The van der Waals surface area contributed by atoms with Crippen LogP contribution in [0.15, 0.2) is 36.4 Å². The molecule has 0 saturated carbocycles. The molecule has 3 aromatic carbocycles. The molecule has 4 aliphatic rings. The summed E-state index contributed by atoms with van der Waals surface area (Å²) in [6.45, 7) is 4.85. The maximum absolute atomic E-state index is 16.8. The van der Waals surface area contributed by atoms with Gasteiger partial charge in [-0.25, -0.2) is 13.2 Å². The fourth-order valence-electron chi connectivity index (χ4n) is 8.17. The highest BCUT2D eigenvalue weighted by molar-refractivity contribution is 6.33. The first kappa shape index (κ1) is 28.6. The van der Waals surface area contributed by atoms with E-state index in [0.717, 1.165) is 32.2 Å². The SMILES string of the molecule is C[C@]12CC[C@H](CN(c3nc(OC[C@@]45CCCN4C[C@H](F)C5)nc4c(F)c(-c5cc(Cl)cc6ccc(Cl)cc56)c(F)cc34)C1)N2. The lowest BCUT2D eigenvalue weighted by atomic mass is 9.95. The summed E-state index contributed by atoms with van der Waals surface area (Å²) in [4.78, 5) is 13.6. The number of nitrogens with one attached hydrogen (secondary N) is 1. The minimum Gasteiger partial charge on any atom is -0.461 e. The van der Waals surface area contributed by atoms with E-state index in [1.165, 1.54) is 6.07 Å². The minimum absolute atomic E-state index is 0.00233. The summed E-state index contributed by atoms with van der Waals surface area (Å²) < 4.78 is 53.7. The van der Waals surface area contributed by atoms with Crippen LogP contribution in [0.5, 0.6) is 6.01 Å². The Morgan fingerprint density at radius 1 is 1.05 bits per heavy atom. The van der Waals surface area contributed by atoms with Gasteiger partial charge in [0.05, 0.1) is 11.1 Å². The van der Waals surface area contributed by atoms with Crippen LogP contribution < -0.4 is 15.0 Å². The number of alkyl halides is 1. The predicted molar refractivity (Wildman–Crippen MR) is 168 cm³/mol. The van der Waals surface area contributed by atoms with Crippen molar-refractivity contribution in [2.75, 3.05) is 37.7 Å². The number of aromatic nitrogens is 2. The summed E-state index contributed by atoms with van der Waals surface area (Å²) in [5.41, 5.74) is -0.566. The highest BCUT2D eigenvalue weighted by Gasteiger charge is 2.49. The molecule has 4 saturated heterocycles. The molecular formula is C33H32Cl2F3N5O. The normalized spacial score (nSPS) is 28.4. The van der Waals surface area contributed by atoms with Crippen molar-refractivity contribution in [1.82, 2.24) is 20.2 Å². The van der Waals surface area contributed by atoms with Crippen LogP contribution in [-0.2, 0) is 0 Å². The molecule has 0 aliphatic carbocycles. The number of piperazine rings is 1. The molecule has 44 heavy (non-hydrogen) atoms. The highest BCUT2D eigenvalue weighted by atomic mass is 35.5. The van der Waals surface area contributed by atoms with E-state index in [1.807, 2.05) is 0 Å². The van der Waals surface area contributed by atoms with Gasteiger partial charge >= 0.3 is 6.01 Å². The van der Waals surface area contributed by atoms with Gasteiger partial charge in [0.1, 0.15) is 29.9 Å². The highest BCUT2D eigenvalue weighted by Crippen LogP contribution is 2.43. The third-order valence-corrected chi connectivity index (χ3v) is 10.6. The van der Waals surface area contributed by atoms with Gasteiger partial charge in [0.25, 0.3) is 0 Å². The smallest absolute Gasteiger partial charge is 0.319 e. The number of nitrogens with zero attached hydrogens (tertiary/aromatic N) is 4. The molecule has 2 bridgehead atoms. The zero-order valence-electron chi connectivity index (χ0n) is 24.3. The maximum atomic E-state index is 16.8. The Hall–Kier alpha value is -2.85. The van der Waals surface area contributed by atoms with E-state index < -0.39 is 23.3 Å². The van der Waals surface area contributed by atoms with Gasteiger partial charge < -0.3 is 15.0 Å². The summed E-state index contributed by atoms with van der Waals surface area (Å²) in [6, 6.07) is 9.99. The third-order valence-electron chi connectivity index (χ3n) is 10.1. The Kier molecular flexibility index (Phi) is 6.72. The van der Waals surface area contributed by atoms with Gasteiger partial charge in [-0.05, 0) is 85.8 Å². The average molecular weight is 643 g/mol. The van der Waals surface area contributed by atoms with Crippen molar-refractivity contribution >= 4 is 50.7 Å². The Morgan fingerprint density at radius 3 is 2.75 bits per heavy atom. The molecule has 4 aromatic rings. The Balaban J connectivity index is 1.29. The van der Waals surface area contributed by atoms with E-state index in [-0.39, 0.29) is 46.2 Å². The van der Waals surface area contributed by atoms with E-state index in [4.69, 9.17) is 32.9 Å². The first-order valence-corrected chi connectivity index (χ1v) is 16.0. The lowest BCUT2D eigenvalue weighted by molar-refractivity contribution is 0.107. The monoisotopic (exact) mass is 641 g/mol. The molecule has 230 valence electrons. The van der Waals surface area contributed by atoms with Gasteiger partial charge in [0.2, 0.25) is 0 Å². The Morgan fingerprint density at radius 2 is 1.91 bits per heavy atom. The van der Waals surface area contributed by atoms with E-state index in [2.05, 4.69) is 27.0 Å². The number of rotatable bonds is 5. The average Bonchev–Trinajstić information content (AvgIpc) is 3.60. The molecule has 1 aromatic heterocycles. The van der Waals surface area contributed by atoms with Crippen LogP contribution in [0, 0.1) is 11.6 Å². The van der Waals surface area contributed by atoms with Crippen LogP contribution in [0.4, 0.5) is 19.0 Å². The van der Waals surface area contributed by atoms with Crippen molar-refractivity contribution in [3.8, 4) is 17.1 Å². The van der Waals surface area contributed by atoms with Crippen molar-refractivity contribution in [2.45, 2.75) is 62.3 Å². The van der Waals surface area contributed by atoms with Crippen LogP contribution in [0.3, 0.4) is 0 Å². The lowest BCUT2D eigenvalue weighted by Crippen LogP contribution is -2.58. The van der Waals surface area contributed by atoms with Crippen LogP contribution in [0.1, 0.15) is 39.0 Å². The quantitative estimate of drug-likeness (QED) is 0.246. The number of anilines is 1. The van der Waals surface area contributed by atoms with Gasteiger partial charge in [0, 0.05) is 53.1 Å². The van der Waals surface area contributed by atoms with Crippen LogP contribution in [0.2, 0.25) is 10.0 Å². The zero-order valence-corrected chi connectivity index (χ0v) is 25.8. The second-order valence-corrected chi connectivity index (χ2v) is 14.2. The number of ether oxygens (including phenoxy) is 1. The van der Waals surface area contributed by atoms with Crippen molar-refractivity contribution in [3.05, 3.63) is 58.1 Å². The molecule has 1 N–H and O–H groups in total. The van der Waals surface area contributed by atoms with Gasteiger partial charge in [-0.15, -0.1) is 0 Å². The van der Waals surface area contributed by atoms with Gasteiger partial charge in [-0.1, -0.05) is 29.3 Å². The Labute approximate surface area is 263 Å². The molecule has 4 atom stereocenters. The van der Waals surface area contributed by atoms with Crippen molar-refractivity contribution in [1.29, 1.82) is 0 Å². The molecule has 4 aliphatic heterocycles. The molecule has 5 heterocycles. The standard InChI is InChI=1S/C33H32Cl2F3N5O/c1-32-7-5-22(41-32)15-42(16-32)30-25-12-26(37)27(24-11-20(35)9-18-3-4-19(34)10-23(18)24)28(38)29(25)39-31(40-30)44-17-33-6-2-8-43(33)14-21(36)13-33/h3-4,9-12,21-22,41H,2,5-8,13-17H2,1H3/t21-,22-,32+,33+/m1/s1. The second kappa shape index (κ2) is 10.3. The molecule has 11 heteroatoms. The minimum atomic E-state index is -0.909. The second-order valence-electron chi connectivity index (χ2n) is 13.3. The number of hydrogen-bond acceptors (Lipinski definition) is 6.